The molecule has 0 heterocycles. The Morgan fingerprint density at radius 2 is 1.81 bits per heavy atom. The van der Waals surface area contributed by atoms with Gasteiger partial charge in [-0.25, -0.2) is 13.2 Å². The third-order valence-corrected chi connectivity index (χ3v) is 3.63. The molecule has 0 radical (unpaired) electrons. The van der Waals surface area contributed by atoms with Crippen LogP contribution in [0.3, 0.4) is 0 Å². The largest absolute Gasteiger partial charge is 0.309 e. The molecule has 0 unspecified atom stereocenters. The van der Waals surface area contributed by atoms with Gasteiger partial charge in [0.1, 0.15) is 5.82 Å². The van der Waals surface area contributed by atoms with Crippen molar-refractivity contribution in [1.82, 2.24) is 0 Å². The standard InChI is InChI=1S/C15H11BrF3NO/c1-2-20(10-4-6-13(18)14(19)8-10)15(21)11-7-9(17)3-5-12(11)16/h3-8H,2H2,1H3. The van der Waals surface area contributed by atoms with Crippen molar-refractivity contribution in [3.05, 3.63) is 63.9 Å². The Morgan fingerprint density at radius 1 is 1.10 bits per heavy atom. The molecule has 0 N–H and O–H groups in total. The molecule has 2 nitrogen and oxygen atoms in total. The Balaban J connectivity index is 2.43. The molecule has 2 aromatic carbocycles. The number of amides is 1. The number of hydrogen-bond donors (Lipinski definition) is 0. The van der Waals surface area contributed by atoms with Crippen LogP contribution < -0.4 is 4.90 Å². The van der Waals surface area contributed by atoms with Crippen molar-refractivity contribution in [2.45, 2.75) is 6.92 Å². The Kier molecular flexibility index (Phi) is 4.67. The topological polar surface area (TPSA) is 20.3 Å². The molecule has 0 bridgehead atoms. The van der Waals surface area contributed by atoms with Crippen LogP contribution in [0.4, 0.5) is 18.9 Å². The van der Waals surface area contributed by atoms with E-state index in [1.807, 2.05) is 0 Å². The van der Waals surface area contributed by atoms with Gasteiger partial charge < -0.3 is 4.90 Å². The van der Waals surface area contributed by atoms with E-state index in [1.165, 1.54) is 23.1 Å². The van der Waals surface area contributed by atoms with Gasteiger partial charge in [-0.15, -0.1) is 0 Å². The molecule has 0 aliphatic rings. The van der Waals surface area contributed by atoms with E-state index in [9.17, 15) is 18.0 Å². The summed E-state index contributed by atoms with van der Waals surface area (Å²) in [4.78, 5) is 13.7. The van der Waals surface area contributed by atoms with Crippen LogP contribution in [0.25, 0.3) is 0 Å². The lowest BCUT2D eigenvalue weighted by Crippen LogP contribution is -2.31. The summed E-state index contributed by atoms with van der Waals surface area (Å²) in [5.41, 5.74) is 0.319. The number of benzene rings is 2. The molecule has 0 fully saturated rings. The molecule has 6 heteroatoms. The van der Waals surface area contributed by atoms with E-state index < -0.39 is 23.4 Å². The molecule has 21 heavy (non-hydrogen) atoms. The normalized spacial score (nSPS) is 10.5. The number of hydrogen-bond acceptors (Lipinski definition) is 1. The van der Waals surface area contributed by atoms with E-state index >= 15 is 0 Å². The third-order valence-electron chi connectivity index (χ3n) is 2.94. The van der Waals surface area contributed by atoms with Crippen LogP contribution in [0.5, 0.6) is 0 Å². The number of carbonyl (C=O) groups is 1. The summed E-state index contributed by atoms with van der Waals surface area (Å²) in [6, 6.07) is 6.91. The molecule has 2 aromatic rings. The van der Waals surface area contributed by atoms with Gasteiger partial charge in [-0.3, -0.25) is 4.79 Å². The number of carbonyl (C=O) groups excluding carboxylic acids is 1. The zero-order valence-corrected chi connectivity index (χ0v) is 12.6. The van der Waals surface area contributed by atoms with Crippen molar-refractivity contribution < 1.29 is 18.0 Å². The number of anilines is 1. The van der Waals surface area contributed by atoms with Gasteiger partial charge in [0.25, 0.3) is 5.91 Å². The van der Waals surface area contributed by atoms with Gasteiger partial charge in [0.15, 0.2) is 11.6 Å². The highest BCUT2D eigenvalue weighted by Crippen LogP contribution is 2.24. The van der Waals surface area contributed by atoms with Crippen molar-refractivity contribution in [1.29, 1.82) is 0 Å². The molecule has 0 aliphatic carbocycles. The van der Waals surface area contributed by atoms with Crippen molar-refractivity contribution >= 4 is 27.5 Å². The first-order valence-electron chi connectivity index (χ1n) is 6.16. The molecule has 0 atom stereocenters. The molecule has 0 saturated carbocycles. The van der Waals surface area contributed by atoms with Crippen LogP contribution in [0.2, 0.25) is 0 Å². The van der Waals surface area contributed by atoms with Gasteiger partial charge in [-0.2, -0.15) is 0 Å². The van der Waals surface area contributed by atoms with Crippen molar-refractivity contribution in [2.75, 3.05) is 11.4 Å². The fourth-order valence-electron chi connectivity index (χ4n) is 1.90. The average molecular weight is 358 g/mol. The van der Waals surface area contributed by atoms with Gasteiger partial charge in [0.05, 0.1) is 5.56 Å². The Morgan fingerprint density at radius 3 is 2.43 bits per heavy atom. The van der Waals surface area contributed by atoms with Crippen molar-refractivity contribution in [2.24, 2.45) is 0 Å². The third kappa shape index (κ3) is 3.26. The lowest BCUT2D eigenvalue weighted by molar-refractivity contribution is 0.0987. The average Bonchev–Trinajstić information content (AvgIpc) is 2.46. The first-order chi connectivity index (χ1) is 9.93. The number of halogens is 4. The van der Waals surface area contributed by atoms with Crippen LogP contribution in [-0.4, -0.2) is 12.5 Å². The summed E-state index contributed by atoms with van der Waals surface area (Å²) >= 11 is 3.18. The molecular formula is C15H11BrF3NO. The van der Waals surface area contributed by atoms with Gasteiger partial charge in [-0.05, 0) is 53.2 Å². The summed E-state index contributed by atoms with van der Waals surface area (Å²) in [6.07, 6.45) is 0. The quantitative estimate of drug-likeness (QED) is 0.789. The predicted octanol–water partition coefficient (Wildman–Crippen LogP) is 4.53. The fraction of sp³-hybridized carbons (Fsp3) is 0.133. The van der Waals surface area contributed by atoms with Gasteiger partial charge in [-0.1, -0.05) is 0 Å². The van der Waals surface area contributed by atoms with E-state index in [-0.39, 0.29) is 17.8 Å². The Bertz CT molecular complexity index is 691. The number of nitrogens with zero attached hydrogens (tertiary/aromatic N) is 1. The highest BCUT2D eigenvalue weighted by atomic mass is 79.9. The SMILES string of the molecule is CCN(C(=O)c1cc(F)ccc1Br)c1ccc(F)c(F)c1. The fourth-order valence-corrected chi connectivity index (χ4v) is 2.32. The van der Waals surface area contributed by atoms with E-state index in [0.717, 1.165) is 18.2 Å². The first kappa shape index (κ1) is 15.6. The Hall–Kier alpha value is -1.82. The molecule has 0 aromatic heterocycles. The molecule has 2 rings (SSSR count). The molecule has 0 spiro atoms. The monoisotopic (exact) mass is 357 g/mol. The summed E-state index contributed by atoms with van der Waals surface area (Å²) in [5, 5.41) is 0. The summed E-state index contributed by atoms with van der Waals surface area (Å²) in [7, 11) is 0. The predicted molar refractivity (Wildman–Crippen MR) is 77.8 cm³/mol. The van der Waals surface area contributed by atoms with E-state index in [4.69, 9.17) is 0 Å². The van der Waals surface area contributed by atoms with Crippen molar-refractivity contribution in [3.63, 3.8) is 0 Å². The minimum Gasteiger partial charge on any atom is -0.309 e. The maximum atomic E-state index is 13.3. The Labute approximate surface area is 128 Å². The minimum atomic E-state index is -1.04. The molecule has 1 amide bonds. The lowest BCUT2D eigenvalue weighted by Gasteiger charge is -2.22. The van der Waals surface area contributed by atoms with Crippen LogP contribution in [-0.2, 0) is 0 Å². The lowest BCUT2D eigenvalue weighted by atomic mass is 10.1. The van der Waals surface area contributed by atoms with Crippen molar-refractivity contribution in [3.8, 4) is 0 Å². The smallest absolute Gasteiger partial charge is 0.259 e. The minimum absolute atomic E-state index is 0.113. The van der Waals surface area contributed by atoms with Crippen LogP contribution >= 0.6 is 15.9 Å². The van der Waals surface area contributed by atoms with E-state index in [2.05, 4.69) is 15.9 Å². The van der Waals surface area contributed by atoms with Crippen LogP contribution in [0.1, 0.15) is 17.3 Å². The van der Waals surface area contributed by atoms with Crippen LogP contribution in [0.15, 0.2) is 40.9 Å². The summed E-state index contributed by atoms with van der Waals surface area (Å²) in [5.74, 6) is -3.09. The zero-order chi connectivity index (χ0) is 15.6. The van der Waals surface area contributed by atoms with Gasteiger partial charge in [0, 0.05) is 22.8 Å². The molecular weight excluding hydrogens is 347 g/mol. The van der Waals surface area contributed by atoms with E-state index in [1.54, 1.807) is 6.92 Å². The molecule has 0 saturated heterocycles. The second kappa shape index (κ2) is 6.30. The highest BCUT2D eigenvalue weighted by molar-refractivity contribution is 9.10. The second-order valence-corrected chi connectivity index (χ2v) is 5.13. The molecule has 110 valence electrons. The maximum absolute atomic E-state index is 13.3. The first-order valence-corrected chi connectivity index (χ1v) is 6.95. The zero-order valence-electron chi connectivity index (χ0n) is 11.0. The molecule has 0 aliphatic heterocycles. The second-order valence-electron chi connectivity index (χ2n) is 4.27. The number of rotatable bonds is 3. The van der Waals surface area contributed by atoms with Gasteiger partial charge >= 0.3 is 0 Å². The van der Waals surface area contributed by atoms with Gasteiger partial charge in [0.2, 0.25) is 0 Å². The summed E-state index contributed by atoms with van der Waals surface area (Å²) in [6.45, 7) is 1.92. The highest BCUT2D eigenvalue weighted by Gasteiger charge is 2.20. The maximum Gasteiger partial charge on any atom is 0.259 e. The van der Waals surface area contributed by atoms with Crippen LogP contribution in [0, 0.1) is 17.5 Å². The summed E-state index contributed by atoms with van der Waals surface area (Å²) < 4.78 is 40.0. The van der Waals surface area contributed by atoms with E-state index in [0.29, 0.717) is 4.47 Å².